The van der Waals surface area contributed by atoms with Crippen LogP contribution in [0.5, 0.6) is 0 Å². The van der Waals surface area contributed by atoms with E-state index < -0.39 is 15.8 Å². The van der Waals surface area contributed by atoms with Gasteiger partial charge in [0.15, 0.2) is 0 Å². The largest absolute Gasteiger partial charge is 0.467 e. The molecule has 3 aromatic rings. The summed E-state index contributed by atoms with van der Waals surface area (Å²) in [5.41, 5.74) is 0.907. The molecule has 0 spiro atoms. The van der Waals surface area contributed by atoms with Crippen LogP contribution >= 0.6 is 0 Å². The van der Waals surface area contributed by atoms with Crippen LogP contribution in [-0.4, -0.2) is 50.3 Å². The van der Waals surface area contributed by atoms with Crippen LogP contribution in [0.25, 0.3) is 0 Å². The fourth-order valence-electron chi connectivity index (χ4n) is 3.30. The Morgan fingerprint density at radius 3 is 2.36 bits per heavy atom. The first-order valence-corrected chi connectivity index (χ1v) is 11.9. The molecule has 0 N–H and O–H groups in total. The molecule has 0 saturated carbocycles. The standard InChI is InChI=1S/C24H27FN2O5S/c1-31-15-6-14-27(33(29,30)23-12-10-21(25)11-13-23)19-24(28)26(18-22-9-5-16-32-22)17-20-7-3-2-4-8-20/h2-5,7-13,16H,6,14-15,17-19H2,1H3. The van der Waals surface area contributed by atoms with Crippen molar-refractivity contribution in [1.82, 2.24) is 9.21 Å². The average Bonchev–Trinajstić information content (AvgIpc) is 3.32. The van der Waals surface area contributed by atoms with Gasteiger partial charge in [0.25, 0.3) is 0 Å². The van der Waals surface area contributed by atoms with Crippen LogP contribution in [0.2, 0.25) is 0 Å². The Bertz CT molecular complexity index is 1100. The lowest BCUT2D eigenvalue weighted by Gasteiger charge is -2.27. The van der Waals surface area contributed by atoms with E-state index in [-0.39, 0.29) is 30.4 Å². The second-order valence-electron chi connectivity index (χ2n) is 7.45. The number of hydrogen-bond donors (Lipinski definition) is 0. The second kappa shape index (κ2) is 11.7. The van der Waals surface area contributed by atoms with Gasteiger partial charge in [0, 0.05) is 26.8 Å². The van der Waals surface area contributed by atoms with Gasteiger partial charge in [-0.15, -0.1) is 0 Å². The summed E-state index contributed by atoms with van der Waals surface area (Å²) in [5.74, 6) is -0.326. The smallest absolute Gasteiger partial charge is 0.243 e. The number of sulfonamides is 1. The van der Waals surface area contributed by atoms with Crippen molar-refractivity contribution in [3.05, 3.63) is 90.1 Å². The van der Waals surface area contributed by atoms with E-state index in [0.29, 0.717) is 25.3 Å². The Labute approximate surface area is 193 Å². The molecule has 0 bridgehead atoms. The third-order valence-electron chi connectivity index (χ3n) is 5.01. The summed E-state index contributed by atoms with van der Waals surface area (Å²) in [6.07, 6.45) is 1.93. The summed E-state index contributed by atoms with van der Waals surface area (Å²) in [5, 5.41) is 0. The van der Waals surface area contributed by atoms with E-state index in [4.69, 9.17) is 9.15 Å². The number of ether oxygens (including phenoxy) is 1. The summed E-state index contributed by atoms with van der Waals surface area (Å²) in [7, 11) is -2.50. The Balaban J connectivity index is 1.84. The Hall–Kier alpha value is -3.01. The van der Waals surface area contributed by atoms with Gasteiger partial charge in [-0.05, 0) is 48.4 Å². The summed E-state index contributed by atoms with van der Waals surface area (Å²) in [4.78, 5) is 14.8. The van der Waals surface area contributed by atoms with E-state index >= 15 is 0 Å². The van der Waals surface area contributed by atoms with Crippen LogP contribution in [0.15, 0.2) is 82.3 Å². The lowest BCUT2D eigenvalue weighted by molar-refractivity contribution is -0.133. The van der Waals surface area contributed by atoms with Crippen LogP contribution in [0.3, 0.4) is 0 Å². The summed E-state index contributed by atoms with van der Waals surface area (Å²) in [6.45, 7) is 0.548. The van der Waals surface area contributed by atoms with Crippen molar-refractivity contribution in [3.63, 3.8) is 0 Å². The van der Waals surface area contributed by atoms with E-state index in [0.717, 1.165) is 22.0 Å². The minimum Gasteiger partial charge on any atom is -0.467 e. The molecule has 9 heteroatoms. The lowest BCUT2D eigenvalue weighted by atomic mass is 10.2. The van der Waals surface area contributed by atoms with Crippen molar-refractivity contribution in [2.24, 2.45) is 0 Å². The first-order valence-electron chi connectivity index (χ1n) is 10.5. The molecule has 2 aromatic carbocycles. The normalized spacial score (nSPS) is 11.6. The van der Waals surface area contributed by atoms with Gasteiger partial charge >= 0.3 is 0 Å². The zero-order chi connectivity index (χ0) is 23.7. The van der Waals surface area contributed by atoms with Crippen LogP contribution in [0, 0.1) is 5.82 Å². The Morgan fingerprint density at radius 1 is 1.00 bits per heavy atom. The van der Waals surface area contributed by atoms with E-state index in [1.54, 1.807) is 17.0 Å². The van der Waals surface area contributed by atoms with Crippen molar-refractivity contribution in [1.29, 1.82) is 0 Å². The molecular weight excluding hydrogens is 447 g/mol. The molecule has 0 aliphatic heterocycles. The van der Waals surface area contributed by atoms with Gasteiger partial charge < -0.3 is 14.1 Å². The molecule has 1 aromatic heterocycles. The topological polar surface area (TPSA) is 80.1 Å². The zero-order valence-corrected chi connectivity index (χ0v) is 19.2. The van der Waals surface area contributed by atoms with Crippen LogP contribution in [0.1, 0.15) is 17.7 Å². The first kappa shape index (κ1) is 24.6. The zero-order valence-electron chi connectivity index (χ0n) is 18.4. The fraction of sp³-hybridized carbons (Fsp3) is 0.292. The molecule has 0 fully saturated rings. The summed E-state index contributed by atoms with van der Waals surface area (Å²) >= 11 is 0. The molecule has 0 atom stereocenters. The number of carbonyl (C=O) groups excluding carboxylic acids is 1. The summed E-state index contributed by atoms with van der Waals surface area (Å²) in [6, 6.07) is 17.5. The number of amides is 1. The lowest BCUT2D eigenvalue weighted by Crippen LogP contribution is -2.43. The van der Waals surface area contributed by atoms with E-state index in [1.807, 2.05) is 30.3 Å². The molecule has 0 saturated heterocycles. The van der Waals surface area contributed by atoms with Gasteiger partial charge in [0.1, 0.15) is 11.6 Å². The predicted octanol–water partition coefficient (Wildman–Crippen LogP) is 3.67. The molecule has 0 aliphatic rings. The van der Waals surface area contributed by atoms with Crippen molar-refractivity contribution >= 4 is 15.9 Å². The molecule has 0 unspecified atom stereocenters. The molecule has 1 amide bonds. The summed E-state index contributed by atoms with van der Waals surface area (Å²) < 4.78 is 51.4. The highest BCUT2D eigenvalue weighted by molar-refractivity contribution is 7.89. The third kappa shape index (κ3) is 6.98. The maximum absolute atomic E-state index is 13.3. The molecular formula is C24H27FN2O5S. The quantitative estimate of drug-likeness (QED) is 0.374. The van der Waals surface area contributed by atoms with Crippen molar-refractivity contribution in [2.45, 2.75) is 24.4 Å². The molecule has 7 nitrogen and oxygen atoms in total. The third-order valence-corrected chi connectivity index (χ3v) is 6.87. The number of methoxy groups -OCH3 is 1. The number of nitrogens with zero attached hydrogens (tertiary/aromatic N) is 2. The van der Waals surface area contributed by atoms with Crippen LogP contribution in [0.4, 0.5) is 4.39 Å². The number of hydrogen-bond acceptors (Lipinski definition) is 5. The molecule has 33 heavy (non-hydrogen) atoms. The van der Waals surface area contributed by atoms with Gasteiger partial charge in [-0.3, -0.25) is 4.79 Å². The van der Waals surface area contributed by atoms with Crippen LogP contribution < -0.4 is 0 Å². The monoisotopic (exact) mass is 474 g/mol. The fourth-order valence-corrected chi connectivity index (χ4v) is 4.73. The van der Waals surface area contributed by atoms with Gasteiger partial charge in [-0.25, -0.2) is 12.8 Å². The van der Waals surface area contributed by atoms with E-state index in [2.05, 4.69) is 0 Å². The number of benzene rings is 2. The number of rotatable bonds is 12. The van der Waals surface area contributed by atoms with Gasteiger partial charge in [-0.1, -0.05) is 30.3 Å². The van der Waals surface area contributed by atoms with E-state index in [9.17, 15) is 17.6 Å². The highest BCUT2D eigenvalue weighted by Crippen LogP contribution is 2.18. The van der Waals surface area contributed by atoms with Gasteiger partial charge in [0.2, 0.25) is 15.9 Å². The Kier molecular flexibility index (Phi) is 8.76. The average molecular weight is 475 g/mol. The van der Waals surface area contributed by atoms with Gasteiger partial charge in [0.05, 0.1) is 24.2 Å². The number of furan rings is 1. The predicted molar refractivity (Wildman–Crippen MR) is 121 cm³/mol. The first-order chi connectivity index (χ1) is 15.9. The molecule has 176 valence electrons. The highest BCUT2D eigenvalue weighted by atomic mass is 32.2. The van der Waals surface area contributed by atoms with Crippen molar-refractivity contribution < 1.29 is 26.8 Å². The molecule has 0 aliphatic carbocycles. The molecule has 3 rings (SSSR count). The highest BCUT2D eigenvalue weighted by Gasteiger charge is 2.28. The van der Waals surface area contributed by atoms with Gasteiger partial charge in [-0.2, -0.15) is 4.31 Å². The van der Waals surface area contributed by atoms with E-state index in [1.165, 1.54) is 25.5 Å². The second-order valence-corrected chi connectivity index (χ2v) is 9.39. The maximum atomic E-state index is 13.3. The molecule has 1 heterocycles. The van der Waals surface area contributed by atoms with Crippen molar-refractivity contribution in [3.8, 4) is 0 Å². The van der Waals surface area contributed by atoms with Crippen molar-refractivity contribution in [2.75, 3.05) is 26.8 Å². The minimum absolute atomic E-state index is 0.0743. The molecule has 0 radical (unpaired) electrons. The Morgan fingerprint density at radius 2 is 1.73 bits per heavy atom. The number of carbonyl (C=O) groups is 1. The minimum atomic E-state index is -4.02. The SMILES string of the molecule is COCCCN(CC(=O)N(Cc1ccccc1)Cc1ccco1)S(=O)(=O)c1ccc(F)cc1. The van der Waals surface area contributed by atoms with Crippen LogP contribution in [-0.2, 0) is 32.6 Å². The maximum Gasteiger partial charge on any atom is 0.243 e. The number of halogens is 1.